The Hall–Kier alpha value is -2.09. The van der Waals surface area contributed by atoms with Gasteiger partial charge in [0, 0.05) is 38.3 Å². The fourth-order valence-electron chi connectivity index (χ4n) is 3.41. The SMILES string of the molecule is CN=C(NCc1cc(OC)ccc1OC(F)F)NCC1CCCN(C(C)C)C1. The number of nitrogens with zero attached hydrogens (tertiary/aromatic N) is 2. The number of aliphatic imine (C=N–C) groups is 1. The van der Waals surface area contributed by atoms with Crippen LogP contribution in [0.3, 0.4) is 0 Å². The topological polar surface area (TPSA) is 58.1 Å². The molecule has 28 heavy (non-hydrogen) atoms. The fourth-order valence-corrected chi connectivity index (χ4v) is 3.41. The van der Waals surface area contributed by atoms with Gasteiger partial charge in [0.05, 0.1) is 7.11 Å². The van der Waals surface area contributed by atoms with Gasteiger partial charge in [0.25, 0.3) is 0 Å². The van der Waals surface area contributed by atoms with E-state index in [1.54, 1.807) is 19.2 Å². The van der Waals surface area contributed by atoms with Crippen molar-refractivity contribution < 1.29 is 18.3 Å². The lowest BCUT2D eigenvalue weighted by molar-refractivity contribution is -0.0504. The highest BCUT2D eigenvalue weighted by Crippen LogP contribution is 2.25. The van der Waals surface area contributed by atoms with Gasteiger partial charge in [-0.2, -0.15) is 8.78 Å². The Morgan fingerprint density at radius 1 is 1.32 bits per heavy atom. The van der Waals surface area contributed by atoms with Crippen LogP contribution in [-0.2, 0) is 6.54 Å². The molecule has 1 fully saturated rings. The van der Waals surface area contributed by atoms with Crippen LogP contribution in [0.4, 0.5) is 8.78 Å². The first-order valence-electron chi connectivity index (χ1n) is 9.73. The first-order valence-corrected chi connectivity index (χ1v) is 9.73. The molecule has 1 aromatic rings. The Labute approximate surface area is 166 Å². The number of hydrogen-bond acceptors (Lipinski definition) is 4. The largest absolute Gasteiger partial charge is 0.497 e. The summed E-state index contributed by atoms with van der Waals surface area (Å²) in [6.45, 7) is 4.92. The number of methoxy groups -OCH3 is 1. The van der Waals surface area contributed by atoms with Crippen LogP contribution in [0.2, 0.25) is 0 Å². The van der Waals surface area contributed by atoms with Crippen molar-refractivity contribution in [1.29, 1.82) is 0 Å². The summed E-state index contributed by atoms with van der Waals surface area (Å²) in [7, 11) is 3.23. The second-order valence-corrected chi connectivity index (χ2v) is 7.26. The van der Waals surface area contributed by atoms with E-state index in [1.165, 1.54) is 26.0 Å². The van der Waals surface area contributed by atoms with Gasteiger partial charge in [0.15, 0.2) is 5.96 Å². The van der Waals surface area contributed by atoms with E-state index in [4.69, 9.17) is 4.74 Å². The summed E-state index contributed by atoms with van der Waals surface area (Å²) in [5.41, 5.74) is 0.575. The Bertz CT molecular complexity index is 641. The van der Waals surface area contributed by atoms with E-state index in [1.807, 2.05) is 0 Å². The van der Waals surface area contributed by atoms with E-state index in [-0.39, 0.29) is 5.75 Å². The third kappa shape index (κ3) is 6.82. The summed E-state index contributed by atoms with van der Waals surface area (Å²) in [6, 6.07) is 5.32. The lowest BCUT2D eigenvalue weighted by Gasteiger charge is -2.35. The second-order valence-electron chi connectivity index (χ2n) is 7.26. The highest BCUT2D eigenvalue weighted by molar-refractivity contribution is 5.79. The van der Waals surface area contributed by atoms with E-state index in [0.29, 0.717) is 35.8 Å². The third-order valence-corrected chi connectivity index (χ3v) is 4.99. The fraction of sp³-hybridized carbons (Fsp3) is 0.650. The summed E-state index contributed by atoms with van der Waals surface area (Å²) in [5, 5.41) is 6.52. The van der Waals surface area contributed by atoms with Crippen LogP contribution >= 0.6 is 0 Å². The number of ether oxygens (including phenoxy) is 2. The van der Waals surface area contributed by atoms with Crippen molar-refractivity contribution in [3.05, 3.63) is 23.8 Å². The molecular formula is C20H32F2N4O2. The lowest BCUT2D eigenvalue weighted by Crippen LogP contribution is -2.46. The molecule has 0 amide bonds. The summed E-state index contributed by atoms with van der Waals surface area (Å²) < 4.78 is 35.1. The molecule has 8 heteroatoms. The zero-order valence-corrected chi connectivity index (χ0v) is 17.2. The number of guanidine groups is 1. The molecular weight excluding hydrogens is 366 g/mol. The minimum atomic E-state index is -2.88. The molecule has 1 aliphatic heterocycles. The predicted octanol–water partition coefficient (Wildman–Crippen LogP) is 3.08. The molecule has 2 rings (SSSR count). The van der Waals surface area contributed by atoms with Gasteiger partial charge in [-0.3, -0.25) is 4.99 Å². The second kappa shape index (κ2) is 11.0. The standard InChI is InChI=1S/C20H32F2N4O2/c1-14(2)26-9-5-6-15(13-26)11-24-20(23-3)25-12-16-10-17(27-4)7-8-18(16)28-19(21)22/h7-8,10,14-15,19H,5-6,9,11-13H2,1-4H3,(H2,23,24,25). The smallest absolute Gasteiger partial charge is 0.387 e. The maximum absolute atomic E-state index is 12.6. The normalized spacial score (nSPS) is 18.4. The van der Waals surface area contributed by atoms with Crippen LogP contribution in [0.25, 0.3) is 0 Å². The molecule has 0 spiro atoms. The van der Waals surface area contributed by atoms with Crippen LogP contribution in [-0.4, -0.2) is 57.3 Å². The number of hydrogen-bond donors (Lipinski definition) is 2. The number of halogens is 2. The van der Waals surface area contributed by atoms with Crippen molar-refractivity contribution >= 4 is 5.96 Å². The molecule has 1 aliphatic rings. The first kappa shape index (κ1) is 22.2. The van der Waals surface area contributed by atoms with E-state index >= 15 is 0 Å². The molecule has 158 valence electrons. The number of likely N-dealkylation sites (tertiary alicyclic amines) is 1. The van der Waals surface area contributed by atoms with E-state index in [9.17, 15) is 8.78 Å². The van der Waals surface area contributed by atoms with Crippen molar-refractivity contribution in [3.8, 4) is 11.5 Å². The van der Waals surface area contributed by atoms with E-state index in [2.05, 4.69) is 39.1 Å². The van der Waals surface area contributed by atoms with Crippen LogP contribution in [0.5, 0.6) is 11.5 Å². The van der Waals surface area contributed by atoms with Crippen molar-refractivity contribution in [2.45, 2.75) is 45.9 Å². The monoisotopic (exact) mass is 398 g/mol. The summed E-state index contributed by atoms with van der Waals surface area (Å²) in [6.07, 6.45) is 2.39. The summed E-state index contributed by atoms with van der Waals surface area (Å²) in [4.78, 5) is 6.73. The van der Waals surface area contributed by atoms with Gasteiger partial charge in [0.1, 0.15) is 11.5 Å². The van der Waals surface area contributed by atoms with Gasteiger partial charge in [-0.05, 0) is 57.4 Å². The Balaban J connectivity index is 1.91. The third-order valence-electron chi connectivity index (χ3n) is 4.99. The molecule has 1 aromatic carbocycles. The van der Waals surface area contributed by atoms with Gasteiger partial charge in [-0.25, -0.2) is 0 Å². The van der Waals surface area contributed by atoms with E-state index < -0.39 is 6.61 Å². The van der Waals surface area contributed by atoms with Crippen LogP contribution in [0.1, 0.15) is 32.3 Å². The number of benzene rings is 1. The molecule has 1 unspecified atom stereocenters. The number of piperidine rings is 1. The molecule has 0 saturated carbocycles. The van der Waals surface area contributed by atoms with Crippen molar-refractivity contribution in [1.82, 2.24) is 15.5 Å². The maximum Gasteiger partial charge on any atom is 0.387 e. The molecule has 0 radical (unpaired) electrons. The number of alkyl halides is 2. The molecule has 0 aliphatic carbocycles. The van der Waals surface area contributed by atoms with Gasteiger partial charge in [-0.15, -0.1) is 0 Å². The Morgan fingerprint density at radius 2 is 2.11 bits per heavy atom. The number of nitrogens with one attached hydrogen (secondary N) is 2. The summed E-state index contributed by atoms with van der Waals surface area (Å²) in [5.74, 6) is 1.90. The average molecular weight is 398 g/mol. The lowest BCUT2D eigenvalue weighted by atomic mass is 9.97. The van der Waals surface area contributed by atoms with Gasteiger partial charge < -0.3 is 25.0 Å². The molecule has 1 atom stereocenters. The molecule has 0 aromatic heterocycles. The Morgan fingerprint density at radius 3 is 2.75 bits per heavy atom. The van der Waals surface area contributed by atoms with Crippen molar-refractivity contribution in [2.75, 3.05) is 33.8 Å². The number of rotatable bonds is 8. The van der Waals surface area contributed by atoms with Gasteiger partial charge >= 0.3 is 6.61 Å². The van der Waals surface area contributed by atoms with Crippen molar-refractivity contribution in [2.24, 2.45) is 10.9 Å². The van der Waals surface area contributed by atoms with Gasteiger partial charge in [0.2, 0.25) is 0 Å². The molecule has 2 N–H and O–H groups in total. The highest BCUT2D eigenvalue weighted by Gasteiger charge is 2.21. The molecule has 0 bridgehead atoms. The maximum atomic E-state index is 12.6. The minimum Gasteiger partial charge on any atom is -0.497 e. The van der Waals surface area contributed by atoms with Crippen LogP contribution in [0.15, 0.2) is 23.2 Å². The summed E-state index contributed by atoms with van der Waals surface area (Å²) >= 11 is 0. The highest BCUT2D eigenvalue weighted by atomic mass is 19.3. The zero-order valence-electron chi connectivity index (χ0n) is 17.2. The van der Waals surface area contributed by atoms with E-state index in [0.717, 1.165) is 19.6 Å². The molecule has 1 heterocycles. The quantitative estimate of drug-likeness (QED) is 0.521. The van der Waals surface area contributed by atoms with Crippen LogP contribution in [0, 0.1) is 5.92 Å². The van der Waals surface area contributed by atoms with Crippen LogP contribution < -0.4 is 20.1 Å². The van der Waals surface area contributed by atoms with Gasteiger partial charge in [-0.1, -0.05) is 0 Å². The zero-order chi connectivity index (χ0) is 20.5. The molecule has 1 saturated heterocycles. The first-order chi connectivity index (χ1) is 13.4. The Kier molecular flexibility index (Phi) is 8.76. The minimum absolute atomic E-state index is 0.124. The predicted molar refractivity (Wildman–Crippen MR) is 107 cm³/mol. The molecule has 6 nitrogen and oxygen atoms in total. The van der Waals surface area contributed by atoms with Crippen molar-refractivity contribution in [3.63, 3.8) is 0 Å². The average Bonchev–Trinajstić information content (AvgIpc) is 2.68.